The molecule has 3 rings (SSSR count). The summed E-state index contributed by atoms with van der Waals surface area (Å²) in [7, 11) is 0. The molecule has 1 aromatic rings. The number of aromatic nitrogens is 1. The lowest BCUT2D eigenvalue weighted by Gasteiger charge is -2.36. The van der Waals surface area contributed by atoms with E-state index in [1.165, 1.54) is 25.7 Å². The number of carboxylic acid groups (broad SMARTS) is 1. The summed E-state index contributed by atoms with van der Waals surface area (Å²) in [5, 5.41) is 9.18. The lowest BCUT2D eigenvalue weighted by molar-refractivity contribution is 0.0675. The van der Waals surface area contributed by atoms with Crippen molar-refractivity contribution in [3.05, 3.63) is 24.0 Å². The Morgan fingerprint density at radius 2 is 1.79 bits per heavy atom. The van der Waals surface area contributed by atoms with Crippen molar-refractivity contribution in [1.29, 1.82) is 0 Å². The average molecular weight is 262 g/mol. The van der Waals surface area contributed by atoms with E-state index in [2.05, 4.69) is 4.90 Å². The molecule has 4 heteroatoms. The summed E-state index contributed by atoms with van der Waals surface area (Å²) in [4.78, 5) is 13.8. The van der Waals surface area contributed by atoms with Gasteiger partial charge in [-0.1, -0.05) is 12.8 Å². The van der Waals surface area contributed by atoms with Gasteiger partial charge in [-0.3, -0.25) is 0 Å². The molecule has 1 saturated carbocycles. The Bertz CT molecular complexity index is 441. The van der Waals surface area contributed by atoms with Gasteiger partial charge in [0.25, 0.3) is 0 Å². The van der Waals surface area contributed by atoms with E-state index in [1.54, 1.807) is 6.07 Å². The first kappa shape index (κ1) is 12.7. The van der Waals surface area contributed by atoms with Gasteiger partial charge in [0.05, 0.1) is 0 Å². The monoisotopic (exact) mass is 262 g/mol. The quantitative estimate of drug-likeness (QED) is 0.911. The van der Waals surface area contributed by atoms with Gasteiger partial charge in [-0.05, 0) is 37.8 Å². The van der Waals surface area contributed by atoms with E-state index in [0.29, 0.717) is 11.7 Å². The molecule has 0 spiro atoms. The molecule has 104 valence electrons. The molecule has 0 bridgehead atoms. The minimum Gasteiger partial charge on any atom is -0.477 e. The first-order chi connectivity index (χ1) is 9.25. The van der Waals surface area contributed by atoms with Crippen molar-refractivity contribution in [2.24, 2.45) is 0 Å². The van der Waals surface area contributed by atoms with Gasteiger partial charge in [-0.15, -0.1) is 0 Å². The van der Waals surface area contributed by atoms with E-state index >= 15 is 0 Å². The molecule has 1 aliphatic heterocycles. The highest BCUT2D eigenvalue weighted by atomic mass is 16.4. The number of rotatable bonds is 3. The van der Waals surface area contributed by atoms with E-state index in [-0.39, 0.29) is 0 Å². The van der Waals surface area contributed by atoms with Crippen LogP contribution in [0.4, 0.5) is 0 Å². The first-order valence-corrected chi connectivity index (χ1v) is 7.40. The maximum absolute atomic E-state index is 11.2. The van der Waals surface area contributed by atoms with E-state index in [9.17, 15) is 9.90 Å². The van der Waals surface area contributed by atoms with Crippen molar-refractivity contribution in [1.82, 2.24) is 9.47 Å². The van der Waals surface area contributed by atoms with Gasteiger partial charge in [0.2, 0.25) is 0 Å². The Morgan fingerprint density at radius 3 is 2.42 bits per heavy atom. The maximum Gasteiger partial charge on any atom is 0.352 e. The van der Waals surface area contributed by atoms with Crippen molar-refractivity contribution >= 4 is 5.97 Å². The van der Waals surface area contributed by atoms with Crippen LogP contribution in [0.15, 0.2) is 18.3 Å². The first-order valence-electron chi connectivity index (χ1n) is 7.40. The number of nitrogens with zero attached hydrogens (tertiary/aromatic N) is 2. The summed E-state index contributed by atoms with van der Waals surface area (Å²) in [5.74, 6) is -0.816. The number of likely N-dealkylation sites (tertiary alicyclic amines) is 1. The van der Waals surface area contributed by atoms with E-state index in [4.69, 9.17) is 0 Å². The van der Waals surface area contributed by atoms with Gasteiger partial charge in [-0.25, -0.2) is 4.79 Å². The molecular formula is C15H22N2O2. The average Bonchev–Trinajstić information content (AvgIpc) is 3.10. The van der Waals surface area contributed by atoms with Gasteiger partial charge >= 0.3 is 5.97 Å². The highest BCUT2D eigenvalue weighted by Crippen LogP contribution is 2.30. The number of hydrogen-bond donors (Lipinski definition) is 1. The van der Waals surface area contributed by atoms with Crippen LogP contribution in [-0.2, 0) is 0 Å². The zero-order valence-corrected chi connectivity index (χ0v) is 11.3. The number of hydrogen-bond acceptors (Lipinski definition) is 2. The molecule has 0 atom stereocenters. The van der Waals surface area contributed by atoms with Crippen LogP contribution in [-0.4, -0.2) is 39.7 Å². The lowest BCUT2D eigenvalue weighted by Crippen LogP contribution is -2.40. The van der Waals surface area contributed by atoms with Crippen LogP contribution < -0.4 is 0 Å². The van der Waals surface area contributed by atoms with E-state index < -0.39 is 5.97 Å². The van der Waals surface area contributed by atoms with Gasteiger partial charge in [0.1, 0.15) is 5.69 Å². The van der Waals surface area contributed by atoms with Crippen molar-refractivity contribution in [2.45, 2.75) is 50.6 Å². The summed E-state index contributed by atoms with van der Waals surface area (Å²) < 4.78 is 1.95. The summed E-state index contributed by atoms with van der Waals surface area (Å²) in [6, 6.07) is 4.70. The second kappa shape index (κ2) is 5.37. The molecule has 1 saturated heterocycles. The van der Waals surface area contributed by atoms with Crippen LogP contribution in [0.5, 0.6) is 0 Å². The Balaban J connectivity index is 1.63. The molecule has 2 heterocycles. The smallest absolute Gasteiger partial charge is 0.352 e. The molecule has 2 aliphatic rings. The Kier molecular flexibility index (Phi) is 3.60. The van der Waals surface area contributed by atoms with Crippen molar-refractivity contribution in [2.75, 3.05) is 13.1 Å². The molecule has 1 aromatic heterocycles. The topological polar surface area (TPSA) is 45.5 Å². The SMILES string of the molecule is O=C(O)c1cccn1C1CCN(C2CCCC2)CC1. The lowest BCUT2D eigenvalue weighted by atomic mass is 10.0. The Labute approximate surface area is 114 Å². The van der Waals surface area contributed by atoms with Gasteiger partial charge in [0.15, 0.2) is 0 Å². The second-order valence-corrected chi connectivity index (χ2v) is 5.81. The molecular weight excluding hydrogens is 240 g/mol. The molecule has 0 amide bonds. The van der Waals surface area contributed by atoms with Crippen LogP contribution >= 0.6 is 0 Å². The summed E-state index contributed by atoms with van der Waals surface area (Å²) in [5.41, 5.74) is 0.430. The van der Waals surface area contributed by atoms with E-state index in [1.807, 2.05) is 16.8 Å². The molecule has 1 aliphatic carbocycles. The Morgan fingerprint density at radius 1 is 1.11 bits per heavy atom. The number of carbonyl (C=O) groups is 1. The third kappa shape index (κ3) is 2.54. The van der Waals surface area contributed by atoms with E-state index in [0.717, 1.165) is 32.0 Å². The summed E-state index contributed by atoms with van der Waals surface area (Å²) in [6.45, 7) is 2.24. The molecule has 0 unspecified atom stereocenters. The van der Waals surface area contributed by atoms with Crippen LogP contribution in [0.25, 0.3) is 0 Å². The minimum absolute atomic E-state index is 0.360. The number of carboxylic acids is 1. The van der Waals surface area contributed by atoms with Crippen LogP contribution in [0.1, 0.15) is 55.1 Å². The Hall–Kier alpha value is -1.29. The van der Waals surface area contributed by atoms with Gasteiger partial charge in [0, 0.05) is 31.4 Å². The molecule has 19 heavy (non-hydrogen) atoms. The zero-order valence-electron chi connectivity index (χ0n) is 11.3. The van der Waals surface area contributed by atoms with Gasteiger partial charge in [-0.2, -0.15) is 0 Å². The van der Waals surface area contributed by atoms with Gasteiger partial charge < -0.3 is 14.6 Å². The number of piperidine rings is 1. The molecule has 2 fully saturated rings. The molecule has 0 aromatic carbocycles. The van der Waals surface area contributed by atoms with Crippen molar-refractivity contribution < 1.29 is 9.90 Å². The summed E-state index contributed by atoms with van der Waals surface area (Å²) >= 11 is 0. The van der Waals surface area contributed by atoms with Crippen LogP contribution in [0.3, 0.4) is 0 Å². The third-order valence-electron chi connectivity index (χ3n) is 4.73. The highest BCUT2D eigenvalue weighted by molar-refractivity contribution is 5.85. The standard InChI is InChI=1S/C15H22N2O2/c18-15(19)14-6-3-9-17(14)13-7-10-16(11-8-13)12-4-1-2-5-12/h3,6,9,12-13H,1-2,4-5,7-8,10-11H2,(H,18,19). The minimum atomic E-state index is -0.816. The highest BCUT2D eigenvalue weighted by Gasteiger charge is 2.28. The fourth-order valence-electron chi connectivity index (χ4n) is 3.69. The van der Waals surface area contributed by atoms with Crippen molar-refractivity contribution in [3.8, 4) is 0 Å². The fourth-order valence-corrected chi connectivity index (χ4v) is 3.69. The van der Waals surface area contributed by atoms with Crippen LogP contribution in [0, 0.1) is 0 Å². The molecule has 1 N–H and O–H groups in total. The number of aromatic carboxylic acids is 1. The fraction of sp³-hybridized carbons (Fsp3) is 0.667. The normalized spacial score (nSPS) is 22.9. The predicted octanol–water partition coefficient (Wildman–Crippen LogP) is 2.77. The second-order valence-electron chi connectivity index (χ2n) is 5.81. The molecule has 0 radical (unpaired) electrons. The molecule has 4 nitrogen and oxygen atoms in total. The summed E-state index contributed by atoms with van der Waals surface area (Å²) in [6.07, 6.45) is 9.54. The zero-order chi connectivity index (χ0) is 13.2. The maximum atomic E-state index is 11.2. The van der Waals surface area contributed by atoms with Crippen LogP contribution in [0.2, 0.25) is 0 Å². The third-order valence-corrected chi connectivity index (χ3v) is 4.73. The largest absolute Gasteiger partial charge is 0.477 e. The van der Waals surface area contributed by atoms with Crippen molar-refractivity contribution in [3.63, 3.8) is 0 Å². The predicted molar refractivity (Wildman–Crippen MR) is 73.5 cm³/mol.